The van der Waals surface area contributed by atoms with Crippen LogP contribution < -0.4 is 10.6 Å². The minimum atomic E-state index is 0.383. The molecule has 2 heterocycles. The fourth-order valence-electron chi connectivity index (χ4n) is 1.95. The molecule has 84 valence electrons. The molecule has 1 aromatic rings. The van der Waals surface area contributed by atoms with Gasteiger partial charge in [-0.05, 0) is 26.3 Å². The van der Waals surface area contributed by atoms with Gasteiger partial charge in [-0.25, -0.2) is 4.98 Å². The molecule has 1 saturated heterocycles. The summed E-state index contributed by atoms with van der Waals surface area (Å²) in [6, 6.07) is 1.04. The molecule has 0 saturated carbocycles. The van der Waals surface area contributed by atoms with Gasteiger partial charge < -0.3 is 10.6 Å². The Labute approximate surface area is 95.3 Å². The van der Waals surface area contributed by atoms with Crippen LogP contribution in [-0.4, -0.2) is 24.1 Å². The number of piperidine rings is 1. The van der Waals surface area contributed by atoms with E-state index in [0.717, 1.165) is 6.54 Å². The first-order valence-corrected chi connectivity index (χ1v) is 6.60. The first-order valence-electron chi connectivity index (χ1n) is 5.72. The van der Waals surface area contributed by atoms with E-state index in [0.29, 0.717) is 12.1 Å². The quantitative estimate of drug-likeness (QED) is 0.822. The molecular weight excluding hydrogens is 206 g/mol. The Morgan fingerprint density at radius 3 is 3.27 bits per heavy atom. The van der Waals surface area contributed by atoms with Gasteiger partial charge in [-0.1, -0.05) is 6.42 Å². The predicted octanol–water partition coefficient (Wildman–Crippen LogP) is 1.94. The summed E-state index contributed by atoms with van der Waals surface area (Å²) in [5.41, 5.74) is 0. The molecule has 2 N–H and O–H groups in total. The van der Waals surface area contributed by atoms with Crippen LogP contribution in [0.4, 0.5) is 0 Å². The Morgan fingerprint density at radius 2 is 2.60 bits per heavy atom. The number of rotatable bonds is 4. The summed E-state index contributed by atoms with van der Waals surface area (Å²) >= 11 is 1.72. The maximum atomic E-state index is 4.32. The molecule has 3 nitrogen and oxygen atoms in total. The van der Waals surface area contributed by atoms with Crippen LogP contribution in [0.3, 0.4) is 0 Å². The second kappa shape index (κ2) is 5.58. The number of hydrogen-bond acceptors (Lipinski definition) is 4. The molecular formula is C11H19N3S. The SMILES string of the molecule is C[C@H](NC[C@H]1CCCCN1)c1nccs1. The minimum absolute atomic E-state index is 0.383. The van der Waals surface area contributed by atoms with Gasteiger partial charge >= 0.3 is 0 Å². The van der Waals surface area contributed by atoms with Crippen LogP contribution in [-0.2, 0) is 0 Å². The van der Waals surface area contributed by atoms with E-state index < -0.39 is 0 Å². The average Bonchev–Trinajstić information content (AvgIpc) is 2.81. The van der Waals surface area contributed by atoms with Gasteiger partial charge in [0, 0.05) is 24.2 Å². The van der Waals surface area contributed by atoms with Crippen LogP contribution in [0, 0.1) is 0 Å². The first-order chi connectivity index (χ1) is 7.36. The Hall–Kier alpha value is -0.450. The second-order valence-electron chi connectivity index (χ2n) is 4.15. The summed E-state index contributed by atoms with van der Waals surface area (Å²) in [5, 5.41) is 10.3. The topological polar surface area (TPSA) is 37.0 Å². The van der Waals surface area contributed by atoms with E-state index in [1.165, 1.54) is 30.8 Å². The Kier molecular flexibility index (Phi) is 4.11. The Bertz CT molecular complexity index is 267. The van der Waals surface area contributed by atoms with E-state index >= 15 is 0 Å². The molecule has 4 heteroatoms. The molecule has 15 heavy (non-hydrogen) atoms. The van der Waals surface area contributed by atoms with Crippen molar-refractivity contribution in [1.82, 2.24) is 15.6 Å². The van der Waals surface area contributed by atoms with Crippen LogP contribution >= 0.6 is 11.3 Å². The highest BCUT2D eigenvalue weighted by molar-refractivity contribution is 7.09. The zero-order chi connectivity index (χ0) is 10.5. The van der Waals surface area contributed by atoms with Crippen molar-refractivity contribution in [2.24, 2.45) is 0 Å². The van der Waals surface area contributed by atoms with Crippen LogP contribution in [0.25, 0.3) is 0 Å². The standard InChI is InChI=1S/C11H19N3S/c1-9(11-13-6-7-15-11)14-8-10-4-2-3-5-12-10/h6-7,9-10,12,14H,2-5,8H2,1H3/t9-,10+/m0/s1. The molecule has 2 atom stereocenters. The van der Waals surface area contributed by atoms with Crippen molar-refractivity contribution >= 4 is 11.3 Å². The summed E-state index contributed by atoms with van der Waals surface area (Å²) in [6.07, 6.45) is 5.87. The van der Waals surface area contributed by atoms with E-state index in [1.807, 2.05) is 11.6 Å². The number of nitrogens with zero attached hydrogens (tertiary/aromatic N) is 1. The smallest absolute Gasteiger partial charge is 0.109 e. The van der Waals surface area contributed by atoms with Gasteiger partial charge in [0.1, 0.15) is 5.01 Å². The maximum absolute atomic E-state index is 4.32. The maximum Gasteiger partial charge on any atom is 0.109 e. The van der Waals surface area contributed by atoms with Crippen LogP contribution in [0.15, 0.2) is 11.6 Å². The highest BCUT2D eigenvalue weighted by atomic mass is 32.1. The van der Waals surface area contributed by atoms with Crippen LogP contribution in [0.5, 0.6) is 0 Å². The fraction of sp³-hybridized carbons (Fsp3) is 0.727. The highest BCUT2D eigenvalue weighted by Crippen LogP contribution is 2.15. The summed E-state index contributed by atoms with van der Waals surface area (Å²) in [5.74, 6) is 0. The number of aromatic nitrogens is 1. The molecule has 0 amide bonds. The molecule has 1 aliphatic heterocycles. The molecule has 0 aromatic carbocycles. The summed E-state index contributed by atoms with van der Waals surface area (Å²) in [4.78, 5) is 4.32. The van der Waals surface area contributed by atoms with Crippen molar-refractivity contribution in [3.63, 3.8) is 0 Å². The van der Waals surface area contributed by atoms with Crippen molar-refractivity contribution in [3.05, 3.63) is 16.6 Å². The van der Waals surface area contributed by atoms with Crippen molar-refractivity contribution < 1.29 is 0 Å². The molecule has 1 aliphatic rings. The molecule has 1 aromatic heterocycles. The summed E-state index contributed by atoms with van der Waals surface area (Å²) < 4.78 is 0. The van der Waals surface area contributed by atoms with E-state index in [4.69, 9.17) is 0 Å². The van der Waals surface area contributed by atoms with E-state index in [-0.39, 0.29) is 0 Å². The van der Waals surface area contributed by atoms with Gasteiger partial charge in [-0.15, -0.1) is 11.3 Å². The largest absolute Gasteiger partial charge is 0.313 e. The Balaban J connectivity index is 1.73. The summed E-state index contributed by atoms with van der Waals surface area (Å²) in [7, 11) is 0. The molecule has 0 radical (unpaired) electrons. The van der Waals surface area contributed by atoms with Gasteiger partial charge in [-0.2, -0.15) is 0 Å². The lowest BCUT2D eigenvalue weighted by Crippen LogP contribution is -2.42. The zero-order valence-electron chi connectivity index (χ0n) is 9.20. The highest BCUT2D eigenvalue weighted by Gasteiger charge is 2.14. The third-order valence-corrected chi connectivity index (χ3v) is 3.86. The van der Waals surface area contributed by atoms with Gasteiger partial charge in [-0.3, -0.25) is 0 Å². The van der Waals surface area contributed by atoms with Gasteiger partial charge in [0.25, 0.3) is 0 Å². The lowest BCUT2D eigenvalue weighted by atomic mass is 10.1. The Morgan fingerprint density at radius 1 is 1.67 bits per heavy atom. The molecule has 0 spiro atoms. The van der Waals surface area contributed by atoms with Crippen LogP contribution in [0.1, 0.15) is 37.2 Å². The number of hydrogen-bond donors (Lipinski definition) is 2. The molecule has 1 fully saturated rings. The van der Waals surface area contributed by atoms with E-state index in [2.05, 4.69) is 22.5 Å². The van der Waals surface area contributed by atoms with E-state index in [1.54, 1.807) is 11.3 Å². The minimum Gasteiger partial charge on any atom is -0.313 e. The van der Waals surface area contributed by atoms with Crippen molar-refractivity contribution in [1.29, 1.82) is 0 Å². The first kappa shape index (κ1) is 11.0. The zero-order valence-corrected chi connectivity index (χ0v) is 10.0. The third-order valence-electron chi connectivity index (χ3n) is 2.90. The van der Waals surface area contributed by atoms with Gasteiger partial charge in [0.2, 0.25) is 0 Å². The van der Waals surface area contributed by atoms with Crippen molar-refractivity contribution in [2.45, 2.75) is 38.3 Å². The number of nitrogens with one attached hydrogen (secondary N) is 2. The predicted molar refractivity (Wildman–Crippen MR) is 64.2 cm³/mol. The van der Waals surface area contributed by atoms with E-state index in [9.17, 15) is 0 Å². The third kappa shape index (κ3) is 3.26. The monoisotopic (exact) mass is 225 g/mol. The molecule has 0 aliphatic carbocycles. The molecule has 2 rings (SSSR count). The second-order valence-corrected chi connectivity index (χ2v) is 5.07. The molecule has 0 unspecified atom stereocenters. The van der Waals surface area contributed by atoms with Crippen molar-refractivity contribution in [2.75, 3.05) is 13.1 Å². The lowest BCUT2D eigenvalue weighted by Gasteiger charge is -2.25. The van der Waals surface area contributed by atoms with Gasteiger partial charge in [0.05, 0.1) is 6.04 Å². The van der Waals surface area contributed by atoms with Crippen molar-refractivity contribution in [3.8, 4) is 0 Å². The molecule has 0 bridgehead atoms. The fourth-order valence-corrected chi connectivity index (χ4v) is 2.62. The van der Waals surface area contributed by atoms with Gasteiger partial charge in [0.15, 0.2) is 0 Å². The average molecular weight is 225 g/mol. The number of thiazole rings is 1. The normalized spacial score (nSPS) is 23.9. The lowest BCUT2D eigenvalue weighted by molar-refractivity contribution is 0.371. The van der Waals surface area contributed by atoms with Crippen LogP contribution in [0.2, 0.25) is 0 Å². The summed E-state index contributed by atoms with van der Waals surface area (Å²) in [6.45, 7) is 4.42.